The molecule has 7 nitrogen and oxygen atoms in total. The van der Waals surface area contributed by atoms with Crippen LogP contribution < -0.4 is 9.64 Å². The minimum absolute atomic E-state index is 0.00273. The van der Waals surface area contributed by atoms with Crippen molar-refractivity contribution in [1.82, 2.24) is 0 Å². The second-order valence-corrected chi connectivity index (χ2v) is 6.41. The van der Waals surface area contributed by atoms with Crippen molar-refractivity contribution < 1.29 is 19.2 Å². The first-order valence-corrected chi connectivity index (χ1v) is 8.26. The molecule has 1 heterocycles. The van der Waals surface area contributed by atoms with Crippen molar-refractivity contribution in [2.45, 2.75) is 20.3 Å². The number of nitro benzene ring substituents is 1. The highest BCUT2D eigenvalue weighted by Crippen LogP contribution is 2.36. The summed E-state index contributed by atoms with van der Waals surface area (Å²) in [4.78, 5) is 35.5. The van der Waals surface area contributed by atoms with Crippen molar-refractivity contribution in [1.29, 1.82) is 0 Å². The quantitative estimate of drug-likeness (QED) is 0.585. The van der Waals surface area contributed by atoms with Gasteiger partial charge >= 0.3 is 0 Å². The molecule has 1 fully saturated rings. The Morgan fingerprint density at radius 1 is 1.52 bits per heavy atom. The van der Waals surface area contributed by atoms with Crippen molar-refractivity contribution >= 4 is 34.2 Å². The van der Waals surface area contributed by atoms with Crippen molar-refractivity contribution in [3.8, 4) is 5.75 Å². The van der Waals surface area contributed by atoms with Crippen LogP contribution in [0, 0.1) is 16.0 Å². The first-order valence-electron chi connectivity index (χ1n) is 7.27. The number of nitrogens with zero attached hydrogens (tertiary/aromatic N) is 2. The lowest BCUT2D eigenvalue weighted by atomic mass is 10.1. The van der Waals surface area contributed by atoms with E-state index in [9.17, 15) is 19.7 Å². The van der Waals surface area contributed by atoms with E-state index in [1.165, 1.54) is 29.7 Å². The average Bonchev–Trinajstić information content (AvgIpc) is 2.86. The normalized spacial score (nSPS) is 17.4. The van der Waals surface area contributed by atoms with Gasteiger partial charge in [0.25, 0.3) is 5.69 Å². The molecule has 0 aromatic heterocycles. The summed E-state index contributed by atoms with van der Waals surface area (Å²) in [6.45, 7) is 4.06. The Balaban J connectivity index is 2.22. The van der Waals surface area contributed by atoms with E-state index in [0.717, 1.165) is 0 Å². The van der Waals surface area contributed by atoms with Crippen LogP contribution in [0.25, 0.3) is 0 Å². The number of anilines is 1. The van der Waals surface area contributed by atoms with Crippen LogP contribution in [0.5, 0.6) is 5.75 Å². The number of ether oxygens (including phenoxy) is 1. The highest BCUT2D eigenvalue weighted by Gasteiger charge is 2.34. The fourth-order valence-electron chi connectivity index (χ4n) is 2.50. The van der Waals surface area contributed by atoms with Gasteiger partial charge in [-0.1, -0.05) is 11.8 Å². The number of rotatable bonds is 6. The lowest BCUT2D eigenvalue weighted by molar-refractivity contribution is -0.384. The van der Waals surface area contributed by atoms with Crippen LogP contribution in [-0.2, 0) is 9.59 Å². The van der Waals surface area contributed by atoms with Gasteiger partial charge < -0.3 is 9.64 Å². The van der Waals surface area contributed by atoms with Gasteiger partial charge in [-0.2, -0.15) is 0 Å². The predicted octanol–water partition coefficient (Wildman–Crippen LogP) is 2.63. The van der Waals surface area contributed by atoms with Gasteiger partial charge in [0.2, 0.25) is 5.91 Å². The fourth-order valence-corrected chi connectivity index (χ4v) is 3.19. The van der Waals surface area contributed by atoms with Gasteiger partial charge in [-0.05, 0) is 25.0 Å². The largest absolute Gasteiger partial charge is 0.494 e. The molecule has 2 rings (SSSR count). The molecule has 1 atom stereocenters. The van der Waals surface area contributed by atoms with Crippen LogP contribution in [0.1, 0.15) is 20.3 Å². The molecule has 124 valence electrons. The van der Waals surface area contributed by atoms with Gasteiger partial charge in [-0.15, -0.1) is 0 Å². The highest BCUT2D eigenvalue weighted by atomic mass is 32.2. The standard InChI is InChI=1S/C15H18N2O5S/c1-3-22-12-4-5-13(14(7-12)17(20)21)16-8-11(6-15(16)19)9-23-10(2)18/h4-5,7,11H,3,6,8-9H2,1-2H3. The minimum atomic E-state index is -0.511. The van der Waals surface area contributed by atoms with Crippen LogP contribution >= 0.6 is 11.8 Å². The van der Waals surface area contributed by atoms with Gasteiger partial charge in [0.15, 0.2) is 5.12 Å². The third-order valence-corrected chi connectivity index (χ3v) is 4.52. The smallest absolute Gasteiger partial charge is 0.296 e. The van der Waals surface area contributed by atoms with Gasteiger partial charge in [0.1, 0.15) is 11.4 Å². The van der Waals surface area contributed by atoms with Crippen LogP contribution in [0.3, 0.4) is 0 Å². The zero-order valence-corrected chi connectivity index (χ0v) is 13.8. The third-order valence-electron chi connectivity index (χ3n) is 3.47. The molecule has 1 amide bonds. The summed E-state index contributed by atoms with van der Waals surface area (Å²) in [5, 5.41) is 11.3. The monoisotopic (exact) mass is 338 g/mol. The molecule has 0 radical (unpaired) electrons. The molecule has 1 unspecified atom stereocenters. The fraction of sp³-hybridized carbons (Fsp3) is 0.467. The molecule has 0 bridgehead atoms. The maximum Gasteiger partial charge on any atom is 0.296 e. The molecule has 8 heteroatoms. The maximum absolute atomic E-state index is 12.2. The summed E-state index contributed by atoms with van der Waals surface area (Å²) in [6.07, 6.45) is 0.296. The van der Waals surface area contributed by atoms with Gasteiger partial charge in [-0.25, -0.2) is 0 Å². The van der Waals surface area contributed by atoms with Crippen LogP contribution in [-0.4, -0.2) is 34.9 Å². The third kappa shape index (κ3) is 4.22. The molecule has 1 aliphatic heterocycles. The Hall–Kier alpha value is -2.09. The average molecular weight is 338 g/mol. The van der Waals surface area contributed by atoms with E-state index in [1.807, 2.05) is 0 Å². The number of nitro groups is 1. The molecular formula is C15H18N2O5S. The van der Waals surface area contributed by atoms with Crippen LogP contribution in [0.15, 0.2) is 18.2 Å². The predicted molar refractivity (Wildman–Crippen MR) is 87.9 cm³/mol. The maximum atomic E-state index is 12.2. The van der Waals surface area contributed by atoms with Crippen molar-refractivity contribution in [2.24, 2.45) is 5.92 Å². The summed E-state index contributed by atoms with van der Waals surface area (Å²) in [6, 6.07) is 4.50. The Morgan fingerprint density at radius 2 is 2.26 bits per heavy atom. The molecule has 0 spiro atoms. The van der Waals surface area contributed by atoms with E-state index in [4.69, 9.17) is 4.74 Å². The zero-order chi connectivity index (χ0) is 17.0. The first kappa shape index (κ1) is 17.3. The first-order chi connectivity index (χ1) is 10.9. The second-order valence-electron chi connectivity index (χ2n) is 5.22. The summed E-state index contributed by atoms with van der Waals surface area (Å²) in [5.41, 5.74) is 0.128. The Kier molecular flexibility index (Phi) is 5.59. The van der Waals surface area contributed by atoms with Crippen LogP contribution in [0.4, 0.5) is 11.4 Å². The number of hydrogen-bond acceptors (Lipinski definition) is 6. The lowest BCUT2D eigenvalue weighted by Gasteiger charge is -2.17. The molecule has 0 N–H and O–H groups in total. The number of amides is 1. The highest BCUT2D eigenvalue weighted by molar-refractivity contribution is 8.13. The topological polar surface area (TPSA) is 89.8 Å². The molecule has 1 aromatic carbocycles. The van der Waals surface area contributed by atoms with E-state index >= 15 is 0 Å². The SMILES string of the molecule is CCOc1ccc(N2CC(CSC(C)=O)CC2=O)c([N+](=O)[O-])c1. The summed E-state index contributed by atoms with van der Waals surface area (Å²) in [5.74, 6) is 0.801. The molecule has 1 aliphatic rings. The zero-order valence-electron chi connectivity index (χ0n) is 13.0. The second kappa shape index (κ2) is 7.45. The Bertz CT molecular complexity index is 634. The van der Waals surface area contributed by atoms with E-state index < -0.39 is 4.92 Å². The van der Waals surface area contributed by atoms with Gasteiger partial charge in [-0.3, -0.25) is 19.7 Å². The van der Waals surface area contributed by atoms with Gasteiger partial charge in [0.05, 0.1) is 17.6 Å². The van der Waals surface area contributed by atoms with Crippen molar-refractivity contribution in [2.75, 3.05) is 23.8 Å². The molecule has 0 aliphatic carbocycles. The van der Waals surface area contributed by atoms with Gasteiger partial charge in [0, 0.05) is 25.6 Å². The molecule has 1 saturated heterocycles. The number of carbonyl (C=O) groups excluding carboxylic acids is 2. The molecular weight excluding hydrogens is 320 g/mol. The number of benzene rings is 1. The lowest BCUT2D eigenvalue weighted by Crippen LogP contribution is -2.25. The van der Waals surface area contributed by atoms with E-state index in [-0.39, 0.29) is 28.3 Å². The molecule has 0 saturated carbocycles. The van der Waals surface area contributed by atoms with E-state index in [0.29, 0.717) is 31.1 Å². The van der Waals surface area contributed by atoms with Crippen molar-refractivity contribution in [3.63, 3.8) is 0 Å². The number of thioether (sulfide) groups is 1. The Morgan fingerprint density at radius 3 is 2.87 bits per heavy atom. The van der Waals surface area contributed by atoms with E-state index in [2.05, 4.69) is 0 Å². The van der Waals surface area contributed by atoms with Crippen molar-refractivity contribution in [3.05, 3.63) is 28.3 Å². The van der Waals surface area contributed by atoms with Crippen LogP contribution in [0.2, 0.25) is 0 Å². The summed E-state index contributed by atoms with van der Waals surface area (Å²) in [7, 11) is 0. The molecule has 23 heavy (non-hydrogen) atoms. The summed E-state index contributed by atoms with van der Waals surface area (Å²) >= 11 is 1.18. The summed E-state index contributed by atoms with van der Waals surface area (Å²) < 4.78 is 5.28. The number of hydrogen-bond donors (Lipinski definition) is 0. The number of carbonyl (C=O) groups is 2. The Labute approximate surface area is 138 Å². The van der Waals surface area contributed by atoms with E-state index in [1.54, 1.807) is 19.1 Å². The minimum Gasteiger partial charge on any atom is -0.494 e. The molecule has 1 aromatic rings.